The normalized spacial score (nSPS) is 17.9. The van der Waals surface area contributed by atoms with Crippen molar-refractivity contribution in [2.45, 2.75) is 6.10 Å². The van der Waals surface area contributed by atoms with E-state index in [9.17, 15) is 4.21 Å². The van der Waals surface area contributed by atoms with Crippen LogP contribution in [0.4, 0.5) is 0 Å². The van der Waals surface area contributed by atoms with E-state index in [0.29, 0.717) is 0 Å². The second-order valence-corrected chi connectivity index (χ2v) is 2.35. The largest absolute Gasteiger partial charge is 0.391 e. The number of hydrogen-bond acceptors (Lipinski definition) is 3. The molecule has 4 N–H and O–H groups in total. The van der Waals surface area contributed by atoms with E-state index in [1.807, 2.05) is 0 Å². The smallest absolute Gasteiger partial charge is 0.155 e. The number of nitrogens with two attached hydrogens (primary N) is 1. The molecule has 0 aromatic heterocycles. The van der Waals surface area contributed by atoms with Crippen LogP contribution in [0.1, 0.15) is 0 Å². The second-order valence-electron chi connectivity index (χ2n) is 1.38. The third-order valence-corrected chi connectivity index (χ3v) is 1.28. The lowest BCUT2D eigenvalue weighted by atomic mass is 10.4. The molecule has 0 saturated carbocycles. The molecule has 0 heterocycles. The van der Waals surface area contributed by atoms with Gasteiger partial charge >= 0.3 is 0 Å². The van der Waals surface area contributed by atoms with E-state index in [-0.39, 0.29) is 12.3 Å². The molecule has 0 aromatic rings. The molecule has 0 aromatic carbocycles. The number of aliphatic hydroxyl groups excluding tert-OH is 1. The molecule has 0 rings (SSSR count). The Morgan fingerprint density at radius 2 is 2.25 bits per heavy atom. The Morgan fingerprint density at radius 1 is 1.75 bits per heavy atom. The van der Waals surface area contributed by atoms with Crippen molar-refractivity contribution < 1.29 is 13.9 Å². The van der Waals surface area contributed by atoms with Crippen molar-refractivity contribution in [3.05, 3.63) is 0 Å². The van der Waals surface area contributed by atoms with Gasteiger partial charge in [-0.15, -0.1) is 0 Å². The van der Waals surface area contributed by atoms with Crippen LogP contribution in [-0.2, 0) is 11.1 Å². The molecule has 0 aliphatic rings. The predicted octanol–water partition coefficient (Wildman–Crippen LogP) is -1.47. The van der Waals surface area contributed by atoms with E-state index in [0.717, 1.165) is 0 Å². The number of hydrogen-bond donors (Lipinski definition) is 3. The van der Waals surface area contributed by atoms with Gasteiger partial charge in [0.15, 0.2) is 11.1 Å². The van der Waals surface area contributed by atoms with E-state index in [1.54, 1.807) is 0 Å². The molecule has 0 fully saturated rings. The first-order valence-corrected chi connectivity index (χ1v) is 3.40. The summed E-state index contributed by atoms with van der Waals surface area (Å²) in [6, 6.07) is 0. The van der Waals surface area contributed by atoms with E-state index < -0.39 is 17.2 Å². The van der Waals surface area contributed by atoms with Crippen LogP contribution in [0.3, 0.4) is 0 Å². The Balaban J connectivity index is 3.24. The zero-order valence-corrected chi connectivity index (χ0v) is 5.10. The minimum absolute atomic E-state index is 0.0340. The molecule has 2 atom stereocenters. The molecule has 1 unspecified atom stereocenters. The van der Waals surface area contributed by atoms with Gasteiger partial charge in [-0.2, -0.15) is 0 Å². The first kappa shape index (κ1) is 8.03. The maximum Gasteiger partial charge on any atom is 0.155 e. The third-order valence-electron chi connectivity index (χ3n) is 0.607. The zero-order valence-electron chi connectivity index (χ0n) is 4.28. The average Bonchev–Trinajstić information content (AvgIpc) is 1.65. The van der Waals surface area contributed by atoms with Crippen LogP contribution < -0.4 is 5.73 Å². The molecule has 0 radical (unpaired) electrons. The highest BCUT2D eigenvalue weighted by atomic mass is 32.2. The van der Waals surface area contributed by atoms with Crippen molar-refractivity contribution in [2.24, 2.45) is 5.73 Å². The summed E-state index contributed by atoms with van der Waals surface area (Å²) in [5.74, 6) is -0.156. The van der Waals surface area contributed by atoms with E-state index in [2.05, 4.69) is 0 Å². The fourth-order valence-electron chi connectivity index (χ4n) is 0.233. The van der Waals surface area contributed by atoms with Crippen molar-refractivity contribution in [3.8, 4) is 0 Å². The first-order chi connectivity index (χ1) is 3.66. The highest BCUT2D eigenvalue weighted by Gasteiger charge is 2.02. The van der Waals surface area contributed by atoms with Crippen molar-refractivity contribution >= 4 is 11.1 Å². The number of aliphatic hydroxyl groups is 1. The molecule has 0 saturated heterocycles. The van der Waals surface area contributed by atoms with Gasteiger partial charge in [0.1, 0.15) is 0 Å². The molecule has 50 valence electrons. The fraction of sp³-hybridized carbons (Fsp3) is 1.00. The Bertz CT molecular complexity index is 86.6. The lowest BCUT2D eigenvalue weighted by molar-refractivity contribution is 0.205. The lowest BCUT2D eigenvalue weighted by Gasteiger charge is -2.00. The second kappa shape index (κ2) is 3.96. The molecule has 4 nitrogen and oxygen atoms in total. The van der Waals surface area contributed by atoms with E-state index >= 15 is 0 Å². The van der Waals surface area contributed by atoms with Crippen LogP contribution in [0.2, 0.25) is 0 Å². The van der Waals surface area contributed by atoms with Crippen molar-refractivity contribution in [2.75, 3.05) is 12.3 Å². The Morgan fingerprint density at radius 3 is 2.38 bits per heavy atom. The molecule has 0 bridgehead atoms. The standard InChI is InChI=1S/C3H9NO3S/c4-1-3(5)2-8(6)7/h3,5H,1-2,4H2,(H,6,7)/t3-/m1/s1. The molecular formula is C3H9NO3S. The van der Waals surface area contributed by atoms with Crippen LogP contribution in [0.25, 0.3) is 0 Å². The van der Waals surface area contributed by atoms with E-state index in [4.69, 9.17) is 15.4 Å². The Kier molecular flexibility index (Phi) is 3.98. The van der Waals surface area contributed by atoms with Crippen LogP contribution in [-0.4, -0.2) is 32.3 Å². The number of rotatable bonds is 3. The SMILES string of the molecule is NC[C@@H](O)CS(=O)O. The van der Waals surface area contributed by atoms with Gasteiger partial charge < -0.3 is 15.4 Å². The maximum atomic E-state index is 9.86. The van der Waals surface area contributed by atoms with Gasteiger partial charge in [-0.05, 0) is 0 Å². The zero-order chi connectivity index (χ0) is 6.57. The van der Waals surface area contributed by atoms with Gasteiger partial charge in [0.05, 0.1) is 11.9 Å². The monoisotopic (exact) mass is 139 g/mol. The first-order valence-electron chi connectivity index (χ1n) is 2.12. The van der Waals surface area contributed by atoms with Gasteiger partial charge in [-0.25, -0.2) is 4.21 Å². The van der Waals surface area contributed by atoms with Crippen molar-refractivity contribution in [3.63, 3.8) is 0 Å². The summed E-state index contributed by atoms with van der Waals surface area (Å²) in [6.07, 6.45) is -0.846. The van der Waals surface area contributed by atoms with Crippen molar-refractivity contribution in [1.29, 1.82) is 0 Å². The van der Waals surface area contributed by atoms with Crippen LogP contribution in [0, 0.1) is 0 Å². The molecule has 0 aliphatic carbocycles. The minimum atomic E-state index is -1.93. The van der Waals surface area contributed by atoms with Crippen LogP contribution in [0.5, 0.6) is 0 Å². The van der Waals surface area contributed by atoms with Gasteiger partial charge in [0.25, 0.3) is 0 Å². The van der Waals surface area contributed by atoms with Crippen LogP contribution in [0.15, 0.2) is 0 Å². The topological polar surface area (TPSA) is 83.5 Å². The summed E-state index contributed by atoms with van der Waals surface area (Å²) < 4.78 is 18.0. The van der Waals surface area contributed by atoms with Gasteiger partial charge in [-0.3, -0.25) is 0 Å². The predicted molar refractivity (Wildman–Crippen MR) is 30.7 cm³/mol. The summed E-state index contributed by atoms with van der Waals surface area (Å²) >= 11 is -1.93. The summed E-state index contributed by atoms with van der Waals surface area (Å²) in [4.78, 5) is 0. The molecule has 8 heavy (non-hydrogen) atoms. The maximum absolute atomic E-state index is 9.86. The molecule has 0 amide bonds. The molecular weight excluding hydrogens is 130 g/mol. The molecule has 0 spiro atoms. The summed E-state index contributed by atoms with van der Waals surface area (Å²) in [7, 11) is 0. The Hall–Kier alpha value is 0.0300. The highest BCUT2D eigenvalue weighted by molar-refractivity contribution is 7.79. The fourth-order valence-corrected chi connectivity index (χ4v) is 0.698. The quantitative estimate of drug-likeness (QED) is 0.417. The summed E-state index contributed by atoms with van der Waals surface area (Å²) in [5, 5.41) is 8.55. The van der Waals surface area contributed by atoms with Gasteiger partial charge in [-0.1, -0.05) is 0 Å². The van der Waals surface area contributed by atoms with Gasteiger partial charge in [0, 0.05) is 6.54 Å². The highest BCUT2D eigenvalue weighted by Crippen LogP contribution is 1.80. The summed E-state index contributed by atoms with van der Waals surface area (Å²) in [6.45, 7) is 0.0340. The minimum Gasteiger partial charge on any atom is -0.391 e. The third kappa shape index (κ3) is 4.20. The summed E-state index contributed by atoms with van der Waals surface area (Å²) in [5.41, 5.74) is 4.92. The van der Waals surface area contributed by atoms with Crippen LogP contribution >= 0.6 is 0 Å². The molecule has 0 aliphatic heterocycles. The molecule has 5 heteroatoms. The average molecular weight is 139 g/mol. The van der Waals surface area contributed by atoms with Gasteiger partial charge in [0.2, 0.25) is 0 Å². The lowest BCUT2D eigenvalue weighted by Crippen LogP contribution is -2.25. The van der Waals surface area contributed by atoms with E-state index in [1.165, 1.54) is 0 Å². The van der Waals surface area contributed by atoms with Crippen molar-refractivity contribution in [1.82, 2.24) is 0 Å². The Labute approximate surface area is 50.0 Å².